The Labute approximate surface area is 144 Å². The summed E-state index contributed by atoms with van der Waals surface area (Å²) >= 11 is 0. The maximum Gasteiger partial charge on any atom is 0.221 e. The number of hydrogen-bond donors (Lipinski definition) is 1. The van der Waals surface area contributed by atoms with Gasteiger partial charge in [0.2, 0.25) is 15.9 Å². The predicted molar refractivity (Wildman–Crippen MR) is 90.3 cm³/mol. The monoisotopic (exact) mass is 363 g/mol. The second-order valence-electron chi connectivity index (χ2n) is 6.31. The first-order valence-corrected chi connectivity index (χ1v) is 10.4. The fourth-order valence-electron chi connectivity index (χ4n) is 2.87. The summed E-state index contributed by atoms with van der Waals surface area (Å²) in [5.41, 5.74) is 0. The summed E-state index contributed by atoms with van der Waals surface area (Å²) in [6, 6.07) is 0. The van der Waals surface area contributed by atoms with E-state index in [0.717, 1.165) is 32.5 Å². The van der Waals surface area contributed by atoms with Crippen molar-refractivity contribution in [3.05, 3.63) is 0 Å². The Balaban J connectivity index is 1.70. The molecule has 0 bridgehead atoms. The van der Waals surface area contributed by atoms with Gasteiger partial charge in [-0.1, -0.05) is 0 Å². The van der Waals surface area contributed by atoms with Gasteiger partial charge in [-0.3, -0.25) is 9.69 Å². The summed E-state index contributed by atoms with van der Waals surface area (Å²) in [4.78, 5) is 14.1. The molecule has 2 fully saturated rings. The van der Waals surface area contributed by atoms with E-state index >= 15 is 0 Å². The lowest BCUT2D eigenvalue weighted by atomic mass is 10.2. The fourth-order valence-corrected chi connectivity index (χ4v) is 3.71. The Kier molecular flexibility index (Phi) is 7.89. The maximum absolute atomic E-state index is 11.9. The van der Waals surface area contributed by atoms with E-state index in [1.165, 1.54) is 10.6 Å². The number of hydrogen-bond acceptors (Lipinski definition) is 6. The summed E-state index contributed by atoms with van der Waals surface area (Å²) in [6.07, 6.45) is 3.46. The van der Waals surface area contributed by atoms with Gasteiger partial charge < -0.3 is 14.8 Å². The highest BCUT2D eigenvalue weighted by Gasteiger charge is 2.21. The molecule has 0 aliphatic carbocycles. The van der Waals surface area contributed by atoms with Crippen molar-refractivity contribution >= 4 is 15.9 Å². The number of ether oxygens (including phenoxy) is 2. The number of amides is 1. The first-order chi connectivity index (χ1) is 11.4. The summed E-state index contributed by atoms with van der Waals surface area (Å²) in [6.45, 7) is 5.54. The molecule has 1 atom stereocenters. The van der Waals surface area contributed by atoms with Crippen molar-refractivity contribution in [1.29, 1.82) is 0 Å². The van der Waals surface area contributed by atoms with E-state index in [2.05, 4.69) is 10.2 Å². The van der Waals surface area contributed by atoms with Crippen LogP contribution in [0, 0.1) is 0 Å². The standard InChI is InChI=1S/C15H29N3O5S/c1-24(20,21)18(7-6-17-8-11-22-12-9-17)5-4-15(19)16-13-14-3-2-10-23-14/h14H,2-13H2,1H3,(H,16,19). The van der Waals surface area contributed by atoms with Gasteiger partial charge in [-0.15, -0.1) is 0 Å². The van der Waals surface area contributed by atoms with Gasteiger partial charge >= 0.3 is 0 Å². The number of nitrogens with one attached hydrogen (secondary N) is 1. The molecule has 0 radical (unpaired) electrons. The van der Waals surface area contributed by atoms with Gasteiger partial charge in [-0.05, 0) is 12.8 Å². The average Bonchev–Trinajstić information content (AvgIpc) is 3.06. The highest BCUT2D eigenvalue weighted by molar-refractivity contribution is 7.88. The van der Waals surface area contributed by atoms with Gasteiger partial charge in [0.1, 0.15) is 0 Å². The first kappa shape index (κ1) is 19.6. The molecular formula is C15H29N3O5S. The number of rotatable bonds is 9. The molecule has 24 heavy (non-hydrogen) atoms. The van der Waals surface area contributed by atoms with E-state index in [0.29, 0.717) is 32.8 Å². The topological polar surface area (TPSA) is 88.2 Å². The van der Waals surface area contributed by atoms with Crippen LogP contribution >= 0.6 is 0 Å². The molecule has 1 N–H and O–H groups in total. The summed E-state index contributed by atoms with van der Waals surface area (Å²) in [5, 5.41) is 2.82. The van der Waals surface area contributed by atoms with E-state index in [1.807, 2.05) is 0 Å². The van der Waals surface area contributed by atoms with Gasteiger partial charge in [-0.2, -0.15) is 0 Å². The maximum atomic E-state index is 11.9. The Morgan fingerprint density at radius 2 is 2.00 bits per heavy atom. The number of morpholine rings is 1. The zero-order valence-electron chi connectivity index (χ0n) is 14.4. The van der Waals surface area contributed by atoms with Crippen LogP contribution in [0.25, 0.3) is 0 Å². The van der Waals surface area contributed by atoms with Crippen molar-refractivity contribution in [3.63, 3.8) is 0 Å². The van der Waals surface area contributed by atoms with Crippen molar-refractivity contribution < 1.29 is 22.7 Å². The van der Waals surface area contributed by atoms with Crippen LogP contribution < -0.4 is 5.32 Å². The largest absolute Gasteiger partial charge is 0.379 e. The second kappa shape index (κ2) is 9.67. The molecule has 0 aromatic carbocycles. The molecule has 9 heteroatoms. The van der Waals surface area contributed by atoms with Crippen LogP contribution in [0.1, 0.15) is 19.3 Å². The zero-order valence-corrected chi connectivity index (χ0v) is 15.2. The van der Waals surface area contributed by atoms with Gasteiger partial charge in [-0.25, -0.2) is 12.7 Å². The third-order valence-corrected chi connectivity index (χ3v) is 5.68. The molecule has 2 aliphatic rings. The van der Waals surface area contributed by atoms with Crippen LogP contribution in [0.15, 0.2) is 0 Å². The van der Waals surface area contributed by atoms with Crippen molar-refractivity contribution in [2.45, 2.75) is 25.4 Å². The highest BCUT2D eigenvalue weighted by atomic mass is 32.2. The Hall–Kier alpha value is -0.740. The molecular weight excluding hydrogens is 334 g/mol. The van der Waals surface area contributed by atoms with Crippen molar-refractivity contribution in [1.82, 2.24) is 14.5 Å². The van der Waals surface area contributed by atoms with E-state index in [1.54, 1.807) is 0 Å². The summed E-state index contributed by atoms with van der Waals surface area (Å²) in [5.74, 6) is -0.134. The van der Waals surface area contributed by atoms with E-state index in [4.69, 9.17) is 9.47 Å². The molecule has 1 amide bonds. The lowest BCUT2D eigenvalue weighted by Gasteiger charge is -2.29. The molecule has 2 aliphatic heterocycles. The van der Waals surface area contributed by atoms with Gasteiger partial charge in [0, 0.05) is 52.3 Å². The lowest BCUT2D eigenvalue weighted by molar-refractivity contribution is -0.121. The molecule has 2 rings (SSSR count). The van der Waals surface area contributed by atoms with Gasteiger partial charge in [0.15, 0.2) is 0 Å². The fraction of sp³-hybridized carbons (Fsp3) is 0.933. The van der Waals surface area contributed by atoms with Crippen LogP contribution in [0.4, 0.5) is 0 Å². The van der Waals surface area contributed by atoms with Crippen molar-refractivity contribution in [2.75, 3.05) is 65.3 Å². The highest BCUT2D eigenvalue weighted by Crippen LogP contribution is 2.10. The SMILES string of the molecule is CS(=O)(=O)N(CCC(=O)NCC1CCCO1)CCN1CCOCC1. The van der Waals surface area contributed by atoms with E-state index in [9.17, 15) is 13.2 Å². The summed E-state index contributed by atoms with van der Waals surface area (Å²) < 4.78 is 35.9. The molecule has 0 saturated carbocycles. The molecule has 140 valence electrons. The minimum absolute atomic E-state index is 0.0984. The lowest BCUT2D eigenvalue weighted by Crippen LogP contribution is -2.44. The molecule has 2 saturated heterocycles. The second-order valence-corrected chi connectivity index (χ2v) is 8.29. The van der Waals surface area contributed by atoms with Gasteiger partial charge in [0.25, 0.3) is 0 Å². The molecule has 8 nitrogen and oxygen atoms in total. The Morgan fingerprint density at radius 3 is 2.62 bits per heavy atom. The predicted octanol–water partition coefficient (Wildman–Crippen LogP) is -0.734. The third kappa shape index (κ3) is 7.02. The van der Waals surface area contributed by atoms with Crippen LogP contribution in [-0.2, 0) is 24.3 Å². The van der Waals surface area contributed by atoms with E-state index in [-0.39, 0.29) is 25.0 Å². The average molecular weight is 363 g/mol. The summed E-state index contributed by atoms with van der Waals surface area (Å²) in [7, 11) is -3.32. The van der Waals surface area contributed by atoms with Gasteiger partial charge in [0.05, 0.1) is 25.6 Å². The Morgan fingerprint density at radius 1 is 1.25 bits per heavy atom. The smallest absolute Gasteiger partial charge is 0.221 e. The van der Waals surface area contributed by atoms with Crippen molar-refractivity contribution in [2.24, 2.45) is 0 Å². The van der Waals surface area contributed by atoms with Crippen molar-refractivity contribution in [3.8, 4) is 0 Å². The van der Waals surface area contributed by atoms with Crippen LogP contribution in [0.3, 0.4) is 0 Å². The quantitative estimate of drug-likeness (QED) is 0.581. The number of sulfonamides is 1. The van der Waals surface area contributed by atoms with E-state index < -0.39 is 10.0 Å². The number of carbonyl (C=O) groups excluding carboxylic acids is 1. The molecule has 0 aromatic rings. The normalized spacial score (nSPS) is 22.8. The first-order valence-electron chi connectivity index (χ1n) is 8.58. The number of nitrogens with zero attached hydrogens (tertiary/aromatic N) is 2. The molecule has 2 heterocycles. The minimum atomic E-state index is -3.32. The minimum Gasteiger partial charge on any atom is -0.379 e. The third-order valence-electron chi connectivity index (χ3n) is 4.38. The Bertz CT molecular complexity index is 487. The molecule has 1 unspecified atom stereocenters. The van der Waals surface area contributed by atoms with Crippen LogP contribution in [0.5, 0.6) is 0 Å². The van der Waals surface area contributed by atoms with Crippen LogP contribution in [0.2, 0.25) is 0 Å². The molecule has 0 spiro atoms. The zero-order chi connectivity index (χ0) is 17.4. The molecule has 0 aromatic heterocycles. The number of carbonyl (C=O) groups is 1. The van der Waals surface area contributed by atoms with Crippen LogP contribution in [-0.4, -0.2) is 95.0 Å².